The number of alkyl carbamates (subject to hydrolysis) is 1. The molecule has 20 heavy (non-hydrogen) atoms. The van der Waals surface area contributed by atoms with Gasteiger partial charge in [-0.05, 0) is 17.9 Å². The molecular weight excluding hydrogens is 254 g/mol. The average Bonchev–Trinajstić information content (AvgIpc) is 2.43. The van der Waals surface area contributed by atoms with Gasteiger partial charge < -0.3 is 15.2 Å². The molecule has 1 rings (SSSR count). The van der Waals surface area contributed by atoms with Crippen LogP contribution in [-0.2, 0) is 11.3 Å². The van der Waals surface area contributed by atoms with Crippen LogP contribution >= 0.6 is 0 Å². The fourth-order valence-electron chi connectivity index (χ4n) is 1.93. The highest BCUT2D eigenvalue weighted by Crippen LogP contribution is 2.11. The molecule has 0 saturated carbocycles. The predicted octanol–water partition coefficient (Wildman–Crippen LogP) is 2.87. The molecule has 0 saturated heterocycles. The van der Waals surface area contributed by atoms with Crippen molar-refractivity contribution in [1.82, 2.24) is 5.32 Å². The maximum Gasteiger partial charge on any atom is 0.407 e. The quantitative estimate of drug-likeness (QED) is 0.753. The third-order valence-electron chi connectivity index (χ3n) is 3.04. The SMILES string of the molecule is C=CC[C@H](O)[C@@H](NC(=O)OCc1ccccc1)C(C)C. The number of rotatable bonds is 7. The Morgan fingerprint density at radius 3 is 2.60 bits per heavy atom. The molecule has 4 nitrogen and oxygen atoms in total. The predicted molar refractivity (Wildman–Crippen MR) is 79.2 cm³/mol. The van der Waals surface area contributed by atoms with Crippen molar-refractivity contribution in [2.45, 2.75) is 39.0 Å². The Kier molecular flexibility index (Phi) is 6.81. The van der Waals surface area contributed by atoms with Gasteiger partial charge in [0.2, 0.25) is 0 Å². The van der Waals surface area contributed by atoms with Crippen molar-refractivity contribution in [3.8, 4) is 0 Å². The van der Waals surface area contributed by atoms with E-state index in [0.717, 1.165) is 5.56 Å². The van der Waals surface area contributed by atoms with Gasteiger partial charge >= 0.3 is 6.09 Å². The lowest BCUT2D eigenvalue weighted by Crippen LogP contribution is -2.46. The monoisotopic (exact) mass is 277 g/mol. The zero-order valence-electron chi connectivity index (χ0n) is 12.1. The molecule has 110 valence electrons. The Balaban J connectivity index is 2.48. The molecule has 0 unspecified atom stereocenters. The summed E-state index contributed by atoms with van der Waals surface area (Å²) in [5.74, 6) is 0.106. The van der Waals surface area contributed by atoms with Gasteiger partial charge in [-0.1, -0.05) is 50.3 Å². The normalized spacial score (nSPS) is 13.6. The molecule has 0 heterocycles. The molecule has 1 amide bonds. The van der Waals surface area contributed by atoms with Crippen LogP contribution < -0.4 is 5.32 Å². The van der Waals surface area contributed by atoms with E-state index < -0.39 is 12.2 Å². The first-order chi connectivity index (χ1) is 9.54. The maximum atomic E-state index is 11.8. The largest absolute Gasteiger partial charge is 0.445 e. The number of amides is 1. The Morgan fingerprint density at radius 1 is 1.40 bits per heavy atom. The molecule has 2 N–H and O–H groups in total. The smallest absolute Gasteiger partial charge is 0.407 e. The van der Waals surface area contributed by atoms with Crippen LogP contribution in [0.2, 0.25) is 0 Å². The summed E-state index contributed by atoms with van der Waals surface area (Å²) in [5, 5.41) is 12.7. The summed E-state index contributed by atoms with van der Waals surface area (Å²) in [6.45, 7) is 7.69. The van der Waals surface area contributed by atoms with Gasteiger partial charge in [-0.3, -0.25) is 0 Å². The van der Waals surface area contributed by atoms with Crippen molar-refractivity contribution in [1.29, 1.82) is 0 Å². The lowest BCUT2D eigenvalue weighted by atomic mass is 9.96. The highest BCUT2D eigenvalue weighted by molar-refractivity contribution is 5.67. The number of nitrogens with one attached hydrogen (secondary N) is 1. The molecule has 0 bridgehead atoms. The molecule has 0 aromatic heterocycles. The minimum atomic E-state index is -0.656. The van der Waals surface area contributed by atoms with E-state index >= 15 is 0 Å². The van der Waals surface area contributed by atoms with Gasteiger partial charge in [-0.15, -0.1) is 6.58 Å². The topological polar surface area (TPSA) is 58.6 Å². The van der Waals surface area contributed by atoms with E-state index in [4.69, 9.17) is 4.74 Å². The number of ether oxygens (including phenoxy) is 1. The number of aliphatic hydroxyl groups excluding tert-OH is 1. The minimum Gasteiger partial charge on any atom is -0.445 e. The summed E-state index contributed by atoms with van der Waals surface area (Å²) >= 11 is 0. The molecule has 1 aromatic carbocycles. The van der Waals surface area contributed by atoms with Crippen molar-refractivity contribution in [2.24, 2.45) is 5.92 Å². The van der Waals surface area contributed by atoms with Gasteiger partial charge in [0.1, 0.15) is 6.61 Å². The summed E-state index contributed by atoms with van der Waals surface area (Å²) in [6.07, 6.45) is 0.895. The summed E-state index contributed by atoms with van der Waals surface area (Å²) < 4.78 is 5.15. The highest BCUT2D eigenvalue weighted by atomic mass is 16.5. The number of carbonyl (C=O) groups excluding carboxylic acids is 1. The van der Waals surface area contributed by atoms with Crippen LogP contribution in [0.4, 0.5) is 4.79 Å². The Bertz CT molecular complexity index is 417. The van der Waals surface area contributed by atoms with Crippen LogP contribution in [0.1, 0.15) is 25.8 Å². The van der Waals surface area contributed by atoms with Gasteiger partial charge in [0, 0.05) is 0 Å². The molecule has 0 spiro atoms. The second-order valence-electron chi connectivity index (χ2n) is 5.07. The van der Waals surface area contributed by atoms with E-state index in [2.05, 4.69) is 11.9 Å². The van der Waals surface area contributed by atoms with Crippen molar-refractivity contribution in [3.63, 3.8) is 0 Å². The summed E-state index contributed by atoms with van der Waals surface area (Å²) in [4.78, 5) is 11.8. The van der Waals surface area contributed by atoms with Gasteiger partial charge in [-0.25, -0.2) is 4.79 Å². The molecule has 0 fully saturated rings. The first-order valence-electron chi connectivity index (χ1n) is 6.80. The maximum absolute atomic E-state index is 11.8. The van der Waals surface area contributed by atoms with Gasteiger partial charge in [-0.2, -0.15) is 0 Å². The van der Waals surface area contributed by atoms with E-state index in [1.54, 1.807) is 6.08 Å². The fraction of sp³-hybridized carbons (Fsp3) is 0.438. The average molecular weight is 277 g/mol. The highest BCUT2D eigenvalue weighted by Gasteiger charge is 2.24. The second-order valence-corrected chi connectivity index (χ2v) is 5.07. The van der Waals surface area contributed by atoms with Crippen molar-refractivity contribution < 1.29 is 14.6 Å². The van der Waals surface area contributed by atoms with E-state index in [1.807, 2.05) is 44.2 Å². The number of hydrogen-bond donors (Lipinski definition) is 2. The number of benzene rings is 1. The van der Waals surface area contributed by atoms with E-state index in [1.165, 1.54) is 0 Å². The molecule has 0 aliphatic heterocycles. The molecule has 0 radical (unpaired) electrons. The van der Waals surface area contributed by atoms with Crippen LogP contribution in [0, 0.1) is 5.92 Å². The standard InChI is InChI=1S/C16H23NO3/c1-4-8-14(18)15(12(2)3)17-16(19)20-11-13-9-6-5-7-10-13/h4-7,9-10,12,14-15,18H,1,8,11H2,2-3H3,(H,17,19)/t14-,15-/m0/s1. The molecular formula is C16H23NO3. The molecule has 0 aliphatic rings. The third kappa shape index (κ3) is 5.45. The van der Waals surface area contributed by atoms with Crippen molar-refractivity contribution in [2.75, 3.05) is 0 Å². The number of hydrogen-bond acceptors (Lipinski definition) is 3. The minimum absolute atomic E-state index is 0.106. The molecule has 1 aromatic rings. The first-order valence-corrected chi connectivity index (χ1v) is 6.80. The lowest BCUT2D eigenvalue weighted by molar-refractivity contribution is 0.0878. The summed E-state index contributed by atoms with van der Waals surface area (Å²) in [6, 6.07) is 9.11. The van der Waals surface area contributed by atoms with E-state index in [9.17, 15) is 9.90 Å². The Hall–Kier alpha value is -1.81. The third-order valence-corrected chi connectivity index (χ3v) is 3.04. The second kappa shape index (κ2) is 8.38. The number of aliphatic hydroxyl groups is 1. The lowest BCUT2D eigenvalue weighted by Gasteiger charge is -2.26. The zero-order chi connectivity index (χ0) is 15.0. The Labute approximate surface area is 120 Å². The van der Waals surface area contributed by atoms with E-state index in [-0.39, 0.29) is 18.6 Å². The van der Waals surface area contributed by atoms with Crippen LogP contribution in [-0.4, -0.2) is 23.3 Å². The van der Waals surface area contributed by atoms with Crippen molar-refractivity contribution >= 4 is 6.09 Å². The van der Waals surface area contributed by atoms with Crippen LogP contribution in [0.15, 0.2) is 43.0 Å². The number of carbonyl (C=O) groups is 1. The summed E-state index contributed by atoms with van der Waals surface area (Å²) in [5.41, 5.74) is 0.926. The molecule has 0 aliphatic carbocycles. The zero-order valence-corrected chi connectivity index (χ0v) is 12.1. The van der Waals surface area contributed by atoms with Crippen molar-refractivity contribution in [3.05, 3.63) is 48.6 Å². The molecule has 4 heteroatoms. The van der Waals surface area contributed by atoms with Gasteiger partial charge in [0.25, 0.3) is 0 Å². The van der Waals surface area contributed by atoms with E-state index in [0.29, 0.717) is 6.42 Å². The van der Waals surface area contributed by atoms with Crippen LogP contribution in [0.5, 0.6) is 0 Å². The van der Waals surface area contributed by atoms with Crippen LogP contribution in [0.25, 0.3) is 0 Å². The van der Waals surface area contributed by atoms with Gasteiger partial charge in [0.15, 0.2) is 0 Å². The van der Waals surface area contributed by atoms with Crippen LogP contribution in [0.3, 0.4) is 0 Å². The summed E-state index contributed by atoms with van der Waals surface area (Å²) in [7, 11) is 0. The first kappa shape index (κ1) is 16.2. The van der Waals surface area contributed by atoms with Gasteiger partial charge in [0.05, 0.1) is 12.1 Å². The fourth-order valence-corrected chi connectivity index (χ4v) is 1.93. The molecule has 2 atom stereocenters. The Morgan fingerprint density at radius 2 is 2.05 bits per heavy atom.